The molecule has 2 aromatic rings. The van der Waals surface area contributed by atoms with E-state index in [-0.39, 0.29) is 34.1 Å². The van der Waals surface area contributed by atoms with Crippen molar-refractivity contribution in [3.63, 3.8) is 0 Å². The molecule has 0 aromatic heterocycles. The highest BCUT2D eigenvalue weighted by Gasteiger charge is 2.63. The molecule has 1 N–H and O–H groups in total. The molecule has 2 bridgehead atoms. The van der Waals surface area contributed by atoms with Crippen LogP contribution in [0.2, 0.25) is 0 Å². The molecule has 2 saturated carbocycles. The van der Waals surface area contributed by atoms with Gasteiger partial charge in [0.1, 0.15) is 0 Å². The van der Waals surface area contributed by atoms with Gasteiger partial charge in [0.25, 0.3) is 0 Å². The first-order chi connectivity index (χ1) is 13.8. The monoisotopic (exact) mass is 385 g/mol. The van der Waals surface area contributed by atoms with Crippen LogP contribution in [-0.4, -0.2) is 17.3 Å². The van der Waals surface area contributed by atoms with E-state index in [2.05, 4.69) is 26.1 Å². The topological polar surface area (TPSA) is 63.2 Å². The van der Waals surface area contributed by atoms with Crippen LogP contribution in [0.5, 0.6) is 0 Å². The SMILES string of the molecule is CC12CCC(C(=CNc3ccc4c(c3)C(=O)c3ccccc3C4=O)C1=O)C2(C)C. The molecule has 4 heteroatoms. The third-order valence-corrected chi connectivity index (χ3v) is 7.68. The van der Waals surface area contributed by atoms with E-state index < -0.39 is 0 Å². The lowest BCUT2D eigenvalue weighted by atomic mass is 9.70. The van der Waals surface area contributed by atoms with Gasteiger partial charge in [0.2, 0.25) is 0 Å². The van der Waals surface area contributed by atoms with Crippen molar-refractivity contribution in [1.29, 1.82) is 0 Å². The Balaban J connectivity index is 1.48. The Morgan fingerprint density at radius 1 is 0.897 bits per heavy atom. The fourth-order valence-electron chi connectivity index (χ4n) is 5.44. The number of benzene rings is 2. The minimum Gasteiger partial charge on any atom is -0.361 e. The van der Waals surface area contributed by atoms with Crippen molar-refractivity contribution in [2.45, 2.75) is 33.6 Å². The van der Waals surface area contributed by atoms with Gasteiger partial charge in [-0.15, -0.1) is 0 Å². The molecule has 0 radical (unpaired) electrons. The maximum atomic E-state index is 13.0. The van der Waals surface area contributed by atoms with Gasteiger partial charge in [0, 0.05) is 45.1 Å². The molecule has 2 fully saturated rings. The van der Waals surface area contributed by atoms with Crippen LogP contribution in [0.4, 0.5) is 5.69 Å². The molecule has 2 unspecified atom stereocenters. The van der Waals surface area contributed by atoms with Crippen LogP contribution in [-0.2, 0) is 4.79 Å². The van der Waals surface area contributed by atoms with E-state index in [1.165, 1.54) is 0 Å². The van der Waals surface area contributed by atoms with Gasteiger partial charge < -0.3 is 5.32 Å². The minimum absolute atomic E-state index is 0.0421. The number of hydrogen-bond acceptors (Lipinski definition) is 4. The summed E-state index contributed by atoms with van der Waals surface area (Å²) in [5, 5.41) is 3.22. The lowest BCUT2D eigenvalue weighted by Crippen LogP contribution is -2.32. The largest absolute Gasteiger partial charge is 0.361 e. The van der Waals surface area contributed by atoms with Gasteiger partial charge in [0.05, 0.1) is 0 Å². The number of hydrogen-bond donors (Lipinski definition) is 1. The zero-order chi connectivity index (χ0) is 20.6. The van der Waals surface area contributed by atoms with E-state index in [4.69, 9.17) is 0 Å². The Morgan fingerprint density at radius 2 is 1.52 bits per heavy atom. The van der Waals surface area contributed by atoms with Gasteiger partial charge in [-0.05, 0) is 42.4 Å². The highest BCUT2D eigenvalue weighted by Crippen LogP contribution is 2.65. The van der Waals surface area contributed by atoms with Crippen molar-refractivity contribution in [3.8, 4) is 0 Å². The highest BCUT2D eigenvalue weighted by molar-refractivity contribution is 6.28. The maximum Gasteiger partial charge on any atom is 0.194 e. The molecule has 0 spiro atoms. The normalized spacial score (nSPS) is 27.9. The number of anilines is 1. The average Bonchev–Trinajstić information content (AvgIpc) is 3.03. The molecular weight excluding hydrogens is 362 g/mol. The summed E-state index contributed by atoms with van der Waals surface area (Å²) in [7, 11) is 0. The van der Waals surface area contributed by atoms with E-state index in [0.717, 1.165) is 18.4 Å². The Morgan fingerprint density at radius 3 is 2.14 bits per heavy atom. The molecule has 3 aliphatic rings. The van der Waals surface area contributed by atoms with Crippen molar-refractivity contribution >= 4 is 23.0 Å². The molecule has 29 heavy (non-hydrogen) atoms. The van der Waals surface area contributed by atoms with Crippen molar-refractivity contribution in [3.05, 3.63) is 76.5 Å². The number of ketones is 3. The van der Waals surface area contributed by atoms with E-state index in [9.17, 15) is 14.4 Å². The van der Waals surface area contributed by atoms with Gasteiger partial charge >= 0.3 is 0 Å². The van der Waals surface area contributed by atoms with Crippen LogP contribution in [0.15, 0.2) is 54.2 Å². The summed E-state index contributed by atoms with van der Waals surface area (Å²) in [6, 6.07) is 12.1. The molecule has 3 aliphatic carbocycles. The van der Waals surface area contributed by atoms with Crippen molar-refractivity contribution in [2.75, 3.05) is 5.32 Å². The van der Waals surface area contributed by atoms with Crippen LogP contribution >= 0.6 is 0 Å². The Bertz CT molecular complexity index is 1140. The first-order valence-corrected chi connectivity index (χ1v) is 10.1. The van der Waals surface area contributed by atoms with Gasteiger partial charge in [-0.3, -0.25) is 14.4 Å². The second-order valence-corrected chi connectivity index (χ2v) is 9.18. The van der Waals surface area contributed by atoms with E-state index in [1.807, 2.05) is 6.20 Å². The molecule has 4 nitrogen and oxygen atoms in total. The Kier molecular flexibility index (Phi) is 3.58. The summed E-state index contributed by atoms with van der Waals surface area (Å²) in [6.07, 6.45) is 3.77. The van der Waals surface area contributed by atoms with Crippen molar-refractivity contribution in [1.82, 2.24) is 0 Å². The number of nitrogens with one attached hydrogen (secondary N) is 1. The van der Waals surface area contributed by atoms with E-state index in [1.54, 1.807) is 42.5 Å². The molecule has 0 amide bonds. The molecule has 5 rings (SSSR count). The van der Waals surface area contributed by atoms with Crippen LogP contribution in [0.3, 0.4) is 0 Å². The highest BCUT2D eigenvalue weighted by atomic mass is 16.1. The molecule has 0 saturated heterocycles. The summed E-state index contributed by atoms with van der Waals surface area (Å²) in [5.41, 5.74) is 2.94. The molecule has 0 aliphatic heterocycles. The molecule has 146 valence electrons. The third kappa shape index (κ3) is 2.23. The molecular formula is C25H23NO3. The minimum atomic E-state index is -0.298. The maximum absolute atomic E-state index is 13.0. The number of rotatable bonds is 2. The van der Waals surface area contributed by atoms with Crippen molar-refractivity contribution in [2.24, 2.45) is 16.7 Å². The second kappa shape index (κ2) is 5.76. The summed E-state index contributed by atoms with van der Waals surface area (Å²) in [6.45, 7) is 6.45. The summed E-state index contributed by atoms with van der Waals surface area (Å²) in [5.74, 6) is 0.207. The fourth-order valence-corrected chi connectivity index (χ4v) is 5.44. The van der Waals surface area contributed by atoms with Gasteiger partial charge in [-0.25, -0.2) is 0 Å². The zero-order valence-electron chi connectivity index (χ0n) is 16.8. The van der Waals surface area contributed by atoms with Crippen LogP contribution < -0.4 is 5.32 Å². The summed E-state index contributed by atoms with van der Waals surface area (Å²) in [4.78, 5) is 38.6. The summed E-state index contributed by atoms with van der Waals surface area (Å²) >= 11 is 0. The van der Waals surface area contributed by atoms with E-state index in [0.29, 0.717) is 27.9 Å². The van der Waals surface area contributed by atoms with Crippen LogP contribution in [0.25, 0.3) is 0 Å². The standard InChI is InChI=1S/C25H23NO3/c1-24(2)20-10-11-25(24,3)23(29)19(20)13-26-14-8-9-17-18(12-14)22(28)16-7-5-4-6-15(16)21(17)27/h4-9,12-13,20,26H,10-11H2,1-3H3. The first-order valence-electron chi connectivity index (χ1n) is 10.1. The van der Waals surface area contributed by atoms with Crippen LogP contribution in [0.1, 0.15) is 65.5 Å². The second-order valence-electron chi connectivity index (χ2n) is 9.18. The van der Waals surface area contributed by atoms with Gasteiger partial charge in [-0.2, -0.15) is 0 Å². The van der Waals surface area contributed by atoms with Gasteiger partial charge in [-0.1, -0.05) is 45.0 Å². The fraction of sp³-hybridized carbons (Fsp3) is 0.320. The number of allylic oxidation sites excluding steroid dienone is 1. The predicted octanol–water partition coefficient (Wildman–Crippen LogP) is 4.78. The molecule has 0 heterocycles. The lowest BCUT2D eigenvalue weighted by Gasteiger charge is -2.31. The quantitative estimate of drug-likeness (QED) is 0.645. The summed E-state index contributed by atoms with van der Waals surface area (Å²) < 4.78 is 0. The molecule has 2 aromatic carbocycles. The predicted molar refractivity (Wildman–Crippen MR) is 111 cm³/mol. The van der Waals surface area contributed by atoms with Gasteiger partial charge in [0.15, 0.2) is 17.3 Å². The molecule has 2 atom stereocenters. The smallest absolute Gasteiger partial charge is 0.194 e. The lowest BCUT2D eigenvalue weighted by molar-refractivity contribution is -0.125. The number of fused-ring (bicyclic) bond motifs is 4. The zero-order valence-corrected chi connectivity index (χ0v) is 16.8. The Hall–Kier alpha value is -3.01. The first kappa shape index (κ1) is 18.0. The number of carbonyl (C=O) groups is 3. The van der Waals surface area contributed by atoms with E-state index >= 15 is 0 Å². The number of carbonyl (C=O) groups excluding carboxylic acids is 3. The third-order valence-electron chi connectivity index (χ3n) is 7.68. The van der Waals surface area contributed by atoms with Crippen molar-refractivity contribution < 1.29 is 14.4 Å². The average molecular weight is 385 g/mol. The van der Waals surface area contributed by atoms with Crippen LogP contribution in [0, 0.1) is 16.7 Å². The Labute approximate surface area is 170 Å². The number of Topliss-reactive ketones (excluding diaryl/α,β-unsaturated/α-hetero) is 1.